The summed E-state index contributed by atoms with van der Waals surface area (Å²) in [5.41, 5.74) is 0. The van der Waals surface area contributed by atoms with Gasteiger partial charge in [0.25, 0.3) is 0 Å². The molecule has 0 aromatic heterocycles. The van der Waals surface area contributed by atoms with Gasteiger partial charge >= 0.3 is 0 Å². The van der Waals surface area contributed by atoms with Crippen LogP contribution in [0.4, 0.5) is 0 Å². The Hall–Kier alpha value is 0.354. The lowest BCUT2D eigenvalue weighted by Crippen LogP contribution is -2.39. The van der Waals surface area contributed by atoms with E-state index in [0.29, 0.717) is 0 Å². The molecule has 4 heteroatoms. The van der Waals surface area contributed by atoms with Crippen LogP contribution in [0.25, 0.3) is 0 Å². The number of aliphatic hydroxyl groups is 1. The molecule has 2 nitrogen and oxygen atoms in total. The number of rotatable bonds is 11. The van der Waals surface area contributed by atoms with E-state index in [9.17, 15) is 5.11 Å². The van der Waals surface area contributed by atoms with Crippen molar-refractivity contribution in [1.82, 2.24) is 5.32 Å². The molecule has 20 heavy (non-hydrogen) atoms. The molecule has 0 aliphatic rings. The summed E-state index contributed by atoms with van der Waals surface area (Å²) in [6.45, 7) is 17.7. The van der Waals surface area contributed by atoms with Gasteiger partial charge in [0.05, 0.1) is 14.2 Å². The maximum atomic E-state index is 9.40. The smallest absolute Gasteiger partial charge is 0.0595 e. The Kier molecular flexibility index (Phi) is 9.55. The minimum atomic E-state index is -0.975. The molecule has 0 aliphatic carbocycles. The highest BCUT2D eigenvalue weighted by Gasteiger charge is 2.18. The van der Waals surface area contributed by atoms with Crippen molar-refractivity contribution in [2.24, 2.45) is 5.92 Å². The van der Waals surface area contributed by atoms with Gasteiger partial charge in [0, 0.05) is 8.07 Å². The third-order valence-corrected chi connectivity index (χ3v) is 6.72. The zero-order chi connectivity index (χ0) is 15.8. The van der Waals surface area contributed by atoms with E-state index in [2.05, 4.69) is 44.6 Å². The first-order valence-corrected chi connectivity index (χ1v) is 15.8. The van der Waals surface area contributed by atoms with Gasteiger partial charge in [-0.1, -0.05) is 58.2 Å². The lowest BCUT2D eigenvalue weighted by atomic mass is 9.98. The van der Waals surface area contributed by atoms with Crippen LogP contribution in [0.2, 0.25) is 45.3 Å². The largest absolute Gasteiger partial charge is 0.393 e. The molecule has 0 aromatic rings. The second-order valence-corrected chi connectivity index (χ2v) is 20.0. The SMILES string of the molecule is CC(O)CCCC(CC[Si](C)(C)C)CNC[Si](C)(C)C. The fourth-order valence-electron chi connectivity index (χ4n) is 2.34. The molecule has 0 rings (SSSR count). The zero-order valence-corrected chi connectivity index (χ0v) is 17.1. The van der Waals surface area contributed by atoms with Gasteiger partial charge in [-0.15, -0.1) is 0 Å². The van der Waals surface area contributed by atoms with Crippen molar-refractivity contribution in [2.75, 3.05) is 12.7 Å². The molecule has 0 spiro atoms. The van der Waals surface area contributed by atoms with E-state index in [4.69, 9.17) is 0 Å². The highest BCUT2D eigenvalue weighted by molar-refractivity contribution is 6.76. The van der Waals surface area contributed by atoms with Gasteiger partial charge in [-0.25, -0.2) is 0 Å². The van der Waals surface area contributed by atoms with Gasteiger partial charge < -0.3 is 10.4 Å². The van der Waals surface area contributed by atoms with Crippen molar-refractivity contribution in [3.63, 3.8) is 0 Å². The van der Waals surface area contributed by atoms with E-state index < -0.39 is 16.1 Å². The van der Waals surface area contributed by atoms with Crippen molar-refractivity contribution in [3.8, 4) is 0 Å². The van der Waals surface area contributed by atoms with Crippen LogP contribution >= 0.6 is 0 Å². The molecule has 0 saturated carbocycles. The molecular weight excluding hydrogens is 278 g/mol. The Morgan fingerprint density at radius 1 is 0.900 bits per heavy atom. The molecular formula is C16H39NOSi2. The van der Waals surface area contributed by atoms with Crippen LogP contribution < -0.4 is 5.32 Å². The first kappa shape index (κ1) is 20.4. The summed E-state index contributed by atoms with van der Waals surface area (Å²) in [5.74, 6) is 0.803. The van der Waals surface area contributed by atoms with Crippen LogP contribution in [0.1, 0.15) is 32.6 Å². The Labute approximate surface area is 129 Å². The predicted molar refractivity (Wildman–Crippen MR) is 98.0 cm³/mol. The van der Waals surface area contributed by atoms with Crippen LogP contribution in [0, 0.1) is 5.92 Å². The molecule has 2 unspecified atom stereocenters. The Morgan fingerprint density at radius 3 is 1.95 bits per heavy atom. The van der Waals surface area contributed by atoms with E-state index in [1.807, 2.05) is 6.92 Å². The average molecular weight is 318 g/mol. The second-order valence-electron chi connectivity index (χ2n) is 8.94. The summed E-state index contributed by atoms with van der Waals surface area (Å²) < 4.78 is 0. The van der Waals surface area contributed by atoms with Gasteiger partial charge in [0.2, 0.25) is 0 Å². The number of hydrogen-bond donors (Lipinski definition) is 2. The lowest BCUT2D eigenvalue weighted by Gasteiger charge is -2.24. The summed E-state index contributed by atoms with van der Waals surface area (Å²) in [4.78, 5) is 0. The molecule has 2 N–H and O–H groups in total. The van der Waals surface area contributed by atoms with Crippen molar-refractivity contribution < 1.29 is 5.11 Å². The predicted octanol–water partition coefficient (Wildman–Crippen LogP) is 4.35. The Morgan fingerprint density at radius 2 is 1.50 bits per heavy atom. The molecule has 0 fully saturated rings. The van der Waals surface area contributed by atoms with Gasteiger partial charge in [0.15, 0.2) is 0 Å². The van der Waals surface area contributed by atoms with E-state index >= 15 is 0 Å². The van der Waals surface area contributed by atoms with Crippen LogP contribution in [0.5, 0.6) is 0 Å². The maximum absolute atomic E-state index is 9.40. The lowest BCUT2D eigenvalue weighted by molar-refractivity contribution is 0.177. The van der Waals surface area contributed by atoms with Crippen molar-refractivity contribution in [3.05, 3.63) is 0 Å². The highest BCUT2D eigenvalue weighted by atomic mass is 28.3. The Balaban J connectivity index is 4.10. The second kappa shape index (κ2) is 9.39. The van der Waals surface area contributed by atoms with Crippen LogP contribution in [0.3, 0.4) is 0 Å². The van der Waals surface area contributed by atoms with E-state index in [1.54, 1.807) is 0 Å². The fourth-order valence-corrected chi connectivity index (χ4v) is 4.51. The molecule has 0 bridgehead atoms. The van der Waals surface area contributed by atoms with Crippen molar-refractivity contribution in [1.29, 1.82) is 0 Å². The first-order valence-electron chi connectivity index (χ1n) is 8.38. The molecule has 2 atom stereocenters. The number of hydrogen-bond acceptors (Lipinski definition) is 2. The molecule has 122 valence electrons. The minimum Gasteiger partial charge on any atom is -0.393 e. The van der Waals surface area contributed by atoms with E-state index in [0.717, 1.165) is 12.3 Å². The van der Waals surface area contributed by atoms with Crippen LogP contribution in [-0.4, -0.2) is 40.1 Å². The zero-order valence-electron chi connectivity index (χ0n) is 15.1. The monoisotopic (exact) mass is 317 g/mol. The average Bonchev–Trinajstić information content (AvgIpc) is 2.21. The quantitative estimate of drug-likeness (QED) is 0.555. The van der Waals surface area contributed by atoms with Crippen molar-refractivity contribution >= 4 is 16.1 Å². The molecule has 0 aliphatic heterocycles. The number of aliphatic hydroxyl groups excluding tert-OH is 1. The highest BCUT2D eigenvalue weighted by Crippen LogP contribution is 2.21. The van der Waals surface area contributed by atoms with Gasteiger partial charge in [0.1, 0.15) is 0 Å². The molecule has 0 heterocycles. The normalized spacial score (nSPS) is 16.2. The van der Waals surface area contributed by atoms with E-state index in [-0.39, 0.29) is 6.10 Å². The van der Waals surface area contributed by atoms with Crippen molar-refractivity contribution in [2.45, 2.75) is 84.0 Å². The minimum absolute atomic E-state index is 0.136. The summed E-state index contributed by atoms with van der Waals surface area (Å²) in [6.07, 6.45) is 5.86. The fraction of sp³-hybridized carbons (Fsp3) is 1.00. The molecule has 0 radical (unpaired) electrons. The van der Waals surface area contributed by atoms with Crippen LogP contribution in [0.15, 0.2) is 0 Å². The summed E-state index contributed by atoms with van der Waals surface area (Å²) in [7, 11) is -1.90. The summed E-state index contributed by atoms with van der Waals surface area (Å²) in [6, 6.07) is 1.43. The molecule has 0 aromatic carbocycles. The van der Waals surface area contributed by atoms with Gasteiger partial charge in [-0.2, -0.15) is 0 Å². The topological polar surface area (TPSA) is 32.3 Å². The van der Waals surface area contributed by atoms with Gasteiger partial charge in [-0.3, -0.25) is 0 Å². The third-order valence-electron chi connectivity index (χ3n) is 3.63. The standard InChI is InChI=1S/C16H39NOSi2/c1-15(18)9-8-10-16(11-12-19(2,3)4)13-17-14-20(5,6)7/h15-18H,8-14H2,1-7H3. The van der Waals surface area contributed by atoms with E-state index in [1.165, 1.54) is 38.0 Å². The third kappa shape index (κ3) is 14.8. The van der Waals surface area contributed by atoms with Crippen LogP contribution in [-0.2, 0) is 0 Å². The Bertz CT molecular complexity index is 244. The summed E-state index contributed by atoms with van der Waals surface area (Å²) in [5, 5.41) is 13.1. The maximum Gasteiger partial charge on any atom is 0.0595 e. The first-order chi connectivity index (χ1) is 8.99. The summed E-state index contributed by atoms with van der Waals surface area (Å²) >= 11 is 0. The number of nitrogens with one attached hydrogen (secondary N) is 1. The molecule has 0 saturated heterocycles. The van der Waals surface area contributed by atoms with Gasteiger partial charge in [-0.05, 0) is 38.4 Å². The molecule has 0 amide bonds.